The maximum atomic E-state index is 13.3. The van der Waals surface area contributed by atoms with E-state index in [-0.39, 0.29) is 5.56 Å². The van der Waals surface area contributed by atoms with Crippen molar-refractivity contribution in [3.63, 3.8) is 0 Å². The van der Waals surface area contributed by atoms with Crippen LogP contribution in [-0.4, -0.2) is 6.61 Å². The minimum absolute atomic E-state index is 0.281. The average Bonchev–Trinajstić information content (AvgIpc) is 2.39. The van der Waals surface area contributed by atoms with Crippen LogP contribution in [0.15, 0.2) is 42.5 Å². The average molecular weight is 256 g/mol. The zero-order valence-electron chi connectivity index (χ0n) is 10.5. The largest absolute Gasteiger partial charge is 0.494 e. The van der Waals surface area contributed by atoms with Crippen LogP contribution in [-0.2, 0) is 0 Å². The van der Waals surface area contributed by atoms with Crippen LogP contribution in [0.25, 0.3) is 0 Å². The van der Waals surface area contributed by atoms with E-state index in [1.165, 1.54) is 12.1 Å². The van der Waals surface area contributed by atoms with Crippen molar-refractivity contribution in [2.75, 3.05) is 11.9 Å². The number of anilines is 2. The van der Waals surface area contributed by atoms with E-state index >= 15 is 0 Å². The number of hydrogen-bond acceptors (Lipinski definition) is 3. The summed E-state index contributed by atoms with van der Waals surface area (Å²) in [5, 5.41) is 11.8. The number of nitrogens with one attached hydrogen (secondary N) is 1. The fourth-order valence-electron chi connectivity index (χ4n) is 1.72. The lowest BCUT2D eigenvalue weighted by atomic mass is 10.2. The van der Waals surface area contributed by atoms with Gasteiger partial charge in [-0.25, -0.2) is 4.39 Å². The van der Waals surface area contributed by atoms with E-state index < -0.39 is 5.82 Å². The third kappa shape index (κ3) is 3.46. The molecule has 0 amide bonds. The van der Waals surface area contributed by atoms with Crippen LogP contribution in [0.2, 0.25) is 0 Å². The molecule has 0 unspecified atom stereocenters. The molecule has 0 spiro atoms. The lowest BCUT2D eigenvalue weighted by molar-refractivity contribution is 0.340. The first kappa shape index (κ1) is 12.9. The third-order valence-corrected chi connectivity index (χ3v) is 2.46. The van der Waals surface area contributed by atoms with Gasteiger partial charge in [0.2, 0.25) is 0 Å². The summed E-state index contributed by atoms with van der Waals surface area (Å²) < 4.78 is 18.7. The van der Waals surface area contributed by atoms with Gasteiger partial charge in [0, 0.05) is 17.4 Å². The van der Waals surface area contributed by atoms with E-state index in [9.17, 15) is 4.39 Å². The second kappa shape index (κ2) is 5.87. The van der Waals surface area contributed by atoms with E-state index in [1.807, 2.05) is 37.3 Å². The summed E-state index contributed by atoms with van der Waals surface area (Å²) in [5.74, 6) is 0.298. The molecule has 0 aromatic heterocycles. The molecule has 2 aromatic rings. The van der Waals surface area contributed by atoms with Crippen molar-refractivity contribution < 1.29 is 9.13 Å². The highest BCUT2D eigenvalue weighted by atomic mass is 19.1. The van der Waals surface area contributed by atoms with Gasteiger partial charge < -0.3 is 10.1 Å². The van der Waals surface area contributed by atoms with Gasteiger partial charge in [0.25, 0.3) is 0 Å². The highest BCUT2D eigenvalue weighted by Crippen LogP contribution is 2.22. The lowest BCUT2D eigenvalue weighted by Crippen LogP contribution is -1.95. The lowest BCUT2D eigenvalue weighted by Gasteiger charge is -2.09. The molecule has 0 aliphatic rings. The predicted octanol–water partition coefficient (Wildman–Crippen LogP) is 3.84. The summed E-state index contributed by atoms with van der Waals surface area (Å²) in [6, 6.07) is 13.4. The third-order valence-electron chi connectivity index (χ3n) is 2.46. The number of nitriles is 1. The van der Waals surface area contributed by atoms with Crippen molar-refractivity contribution in [3.05, 3.63) is 53.8 Å². The van der Waals surface area contributed by atoms with E-state index in [0.717, 1.165) is 11.4 Å². The summed E-state index contributed by atoms with van der Waals surface area (Å²) >= 11 is 0. The van der Waals surface area contributed by atoms with Crippen molar-refractivity contribution >= 4 is 11.4 Å². The van der Waals surface area contributed by atoms with Crippen LogP contribution in [0.4, 0.5) is 15.8 Å². The molecule has 19 heavy (non-hydrogen) atoms. The SMILES string of the molecule is CCOc1cccc(Nc2cc(F)cc(C#N)c2)c1. The molecular formula is C15H13FN2O. The highest BCUT2D eigenvalue weighted by molar-refractivity contribution is 5.62. The van der Waals surface area contributed by atoms with Crippen LogP contribution < -0.4 is 10.1 Å². The molecule has 4 heteroatoms. The Balaban J connectivity index is 2.23. The second-order valence-electron chi connectivity index (χ2n) is 3.93. The van der Waals surface area contributed by atoms with Gasteiger partial charge in [-0.05, 0) is 37.3 Å². The Morgan fingerprint density at radius 3 is 2.79 bits per heavy atom. The number of halogens is 1. The number of benzene rings is 2. The first-order valence-electron chi connectivity index (χ1n) is 5.92. The molecule has 1 N–H and O–H groups in total. The van der Waals surface area contributed by atoms with Crippen LogP contribution in [0, 0.1) is 17.1 Å². The Hall–Kier alpha value is -2.54. The number of nitrogens with zero attached hydrogens (tertiary/aromatic N) is 1. The standard InChI is InChI=1S/C15H13FN2O/c1-2-19-15-5-3-4-13(9-15)18-14-7-11(10-17)6-12(16)8-14/h3-9,18H,2H2,1H3. The van der Waals surface area contributed by atoms with Gasteiger partial charge in [-0.3, -0.25) is 0 Å². The van der Waals surface area contributed by atoms with Crippen LogP contribution in [0.3, 0.4) is 0 Å². The molecule has 0 atom stereocenters. The maximum Gasteiger partial charge on any atom is 0.126 e. The predicted molar refractivity (Wildman–Crippen MR) is 72.0 cm³/mol. The Bertz CT molecular complexity index is 620. The van der Waals surface area contributed by atoms with Gasteiger partial charge in [0.15, 0.2) is 0 Å². The second-order valence-corrected chi connectivity index (χ2v) is 3.93. The van der Waals surface area contributed by atoms with Gasteiger partial charge in [0.1, 0.15) is 11.6 Å². The zero-order valence-corrected chi connectivity index (χ0v) is 10.5. The van der Waals surface area contributed by atoms with E-state index in [4.69, 9.17) is 10.00 Å². The van der Waals surface area contributed by atoms with Gasteiger partial charge in [-0.15, -0.1) is 0 Å². The smallest absolute Gasteiger partial charge is 0.126 e. The van der Waals surface area contributed by atoms with Gasteiger partial charge in [-0.1, -0.05) is 6.07 Å². The van der Waals surface area contributed by atoms with Gasteiger partial charge in [-0.2, -0.15) is 5.26 Å². The molecule has 0 fully saturated rings. The number of rotatable bonds is 4. The molecule has 0 bridgehead atoms. The van der Waals surface area contributed by atoms with Crippen LogP contribution >= 0.6 is 0 Å². The molecule has 0 aliphatic carbocycles. The van der Waals surface area contributed by atoms with E-state index in [2.05, 4.69) is 5.32 Å². The summed E-state index contributed by atoms with van der Waals surface area (Å²) in [7, 11) is 0. The van der Waals surface area contributed by atoms with Crippen LogP contribution in [0.5, 0.6) is 5.75 Å². The van der Waals surface area contributed by atoms with Gasteiger partial charge in [0.05, 0.1) is 18.2 Å². The summed E-state index contributed by atoms with van der Waals surface area (Å²) in [5.41, 5.74) is 1.59. The molecule has 2 aromatic carbocycles. The quantitative estimate of drug-likeness (QED) is 0.903. The normalized spacial score (nSPS) is 9.74. The summed E-state index contributed by atoms with van der Waals surface area (Å²) in [6.07, 6.45) is 0. The molecular weight excluding hydrogens is 243 g/mol. The van der Waals surface area contributed by atoms with Crippen LogP contribution in [0.1, 0.15) is 12.5 Å². The molecule has 2 rings (SSSR count). The van der Waals surface area contributed by atoms with Crippen molar-refractivity contribution in [3.8, 4) is 11.8 Å². The molecule has 0 aliphatic heterocycles. The molecule has 0 saturated carbocycles. The Morgan fingerprint density at radius 2 is 2.05 bits per heavy atom. The van der Waals surface area contributed by atoms with Crippen molar-refractivity contribution in [2.45, 2.75) is 6.92 Å². The van der Waals surface area contributed by atoms with Crippen molar-refractivity contribution in [1.82, 2.24) is 0 Å². The minimum atomic E-state index is -0.442. The Morgan fingerprint density at radius 1 is 1.21 bits per heavy atom. The Labute approximate surface area is 111 Å². The molecule has 0 radical (unpaired) electrons. The number of ether oxygens (including phenoxy) is 1. The maximum absolute atomic E-state index is 13.3. The first-order valence-corrected chi connectivity index (χ1v) is 5.92. The minimum Gasteiger partial charge on any atom is -0.494 e. The molecule has 0 heterocycles. The monoisotopic (exact) mass is 256 g/mol. The topological polar surface area (TPSA) is 45.0 Å². The fourth-order valence-corrected chi connectivity index (χ4v) is 1.72. The summed E-state index contributed by atoms with van der Waals surface area (Å²) in [6.45, 7) is 2.49. The van der Waals surface area contributed by atoms with Crippen molar-refractivity contribution in [2.24, 2.45) is 0 Å². The number of hydrogen-bond donors (Lipinski definition) is 1. The first-order chi connectivity index (χ1) is 9.21. The Kier molecular flexibility index (Phi) is 3.99. The highest BCUT2D eigenvalue weighted by Gasteiger charge is 2.02. The fraction of sp³-hybridized carbons (Fsp3) is 0.133. The molecule has 96 valence electrons. The molecule has 0 saturated heterocycles. The molecule has 3 nitrogen and oxygen atoms in total. The summed E-state index contributed by atoms with van der Waals surface area (Å²) in [4.78, 5) is 0. The van der Waals surface area contributed by atoms with Crippen molar-refractivity contribution in [1.29, 1.82) is 5.26 Å². The van der Waals surface area contributed by atoms with E-state index in [1.54, 1.807) is 6.07 Å². The van der Waals surface area contributed by atoms with E-state index in [0.29, 0.717) is 12.3 Å². The zero-order chi connectivity index (χ0) is 13.7. The van der Waals surface area contributed by atoms with Gasteiger partial charge >= 0.3 is 0 Å².